The lowest BCUT2D eigenvalue weighted by molar-refractivity contribution is 0.189. The van der Waals surface area contributed by atoms with Gasteiger partial charge < -0.3 is 10.6 Å². The molecule has 0 saturated heterocycles. The maximum Gasteiger partial charge on any atom is 0.346 e. The molecule has 6 heteroatoms. The van der Waals surface area contributed by atoms with Crippen LogP contribution >= 0.6 is 15.9 Å². The van der Waals surface area contributed by atoms with Crippen molar-refractivity contribution < 1.29 is 9.18 Å². The van der Waals surface area contributed by atoms with E-state index < -0.39 is 17.9 Å². The Hall–Kier alpha value is -1.43. The first-order chi connectivity index (χ1) is 8.41. The van der Waals surface area contributed by atoms with Gasteiger partial charge in [-0.2, -0.15) is 4.99 Å². The molecule has 0 spiro atoms. The Kier molecular flexibility index (Phi) is 3.38. The van der Waals surface area contributed by atoms with Crippen LogP contribution in [0.4, 0.5) is 9.18 Å². The van der Waals surface area contributed by atoms with Crippen LogP contribution in [0, 0.1) is 5.82 Å². The van der Waals surface area contributed by atoms with Gasteiger partial charge in [0, 0.05) is 16.1 Å². The number of amidine groups is 1. The topological polar surface area (TPSA) is 58.7 Å². The fourth-order valence-electron chi connectivity index (χ4n) is 2.03. The predicted molar refractivity (Wildman–Crippen MR) is 70.8 cm³/mol. The molecular formula is C12H13BrFN3O. The van der Waals surface area contributed by atoms with Crippen LogP contribution in [0.1, 0.15) is 25.5 Å². The molecule has 2 rings (SSSR count). The molecule has 2 N–H and O–H groups in total. The quantitative estimate of drug-likeness (QED) is 0.912. The summed E-state index contributed by atoms with van der Waals surface area (Å²) in [5.41, 5.74) is 6.11. The van der Waals surface area contributed by atoms with Gasteiger partial charge in [0.15, 0.2) is 0 Å². The number of nitrogens with zero attached hydrogens (tertiary/aromatic N) is 2. The summed E-state index contributed by atoms with van der Waals surface area (Å²) in [6.45, 7) is 3.69. The van der Waals surface area contributed by atoms with Crippen molar-refractivity contribution in [2.45, 2.75) is 25.9 Å². The average molecular weight is 314 g/mol. The zero-order valence-corrected chi connectivity index (χ0v) is 11.6. The number of nitrogens with two attached hydrogens (primary N) is 1. The van der Waals surface area contributed by atoms with Crippen LogP contribution < -0.4 is 5.73 Å². The molecule has 96 valence electrons. The van der Waals surface area contributed by atoms with Crippen LogP contribution in [-0.4, -0.2) is 22.8 Å². The molecule has 1 atom stereocenters. The number of carbonyl (C=O) groups is 1. The van der Waals surface area contributed by atoms with Crippen molar-refractivity contribution in [3.63, 3.8) is 0 Å². The van der Waals surface area contributed by atoms with Crippen LogP contribution in [0.5, 0.6) is 0 Å². The molecule has 18 heavy (non-hydrogen) atoms. The van der Waals surface area contributed by atoms with Gasteiger partial charge in [0.05, 0.1) is 0 Å². The van der Waals surface area contributed by atoms with E-state index in [2.05, 4.69) is 20.9 Å². The minimum Gasteiger partial charge on any atom is -0.385 e. The second kappa shape index (κ2) is 4.68. The van der Waals surface area contributed by atoms with Gasteiger partial charge in [-0.05, 0) is 26.0 Å². The lowest BCUT2D eigenvalue weighted by atomic mass is 10.0. The van der Waals surface area contributed by atoms with Gasteiger partial charge in [0.2, 0.25) is 0 Å². The number of aliphatic imine (C=N–C) groups is 1. The first-order valence-corrected chi connectivity index (χ1v) is 6.32. The fraction of sp³-hybridized carbons (Fsp3) is 0.333. The molecule has 4 nitrogen and oxygen atoms in total. The van der Waals surface area contributed by atoms with Gasteiger partial charge in [-0.3, -0.25) is 0 Å². The van der Waals surface area contributed by atoms with Gasteiger partial charge in [-0.1, -0.05) is 22.0 Å². The fourth-order valence-corrected chi connectivity index (χ4v) is 2.37. The average Bonchev–Trinajstić information content (AvgIpc) is 2.53. The van der Waals surface area contributed by atoms with E-state index in [4.69, 9.17) is 5.73 Å². The summed E-state index contributed by atoms with van der Waals surface area (Å²) >= 11 is 3.19. The molecule has 1 aliphatic heterocycles. The Morgan fingerprint density at radius 3 is 2.72 bits per heavy atom. The van der Waals surface area contributed by atoms with Crippen molar-refractivity contribution in [2.24, 2.45) is 10.7 Å². The molecule has 1 heterocycles. The van der Waals surface area contributed by atoms with Gasteiger partial charge in [0.25, 0.3) is 0 Å². The van der Waals surface area contributed by atoms with Crippen molar-refractivity contribution in [3.8, 4) is 0 Å². The third-order valence-corrected chi connectivity index (χ3v) is 3.31. The maximum absolute atomic E-state index is 14.0. The maximum atomic E-state index is 14.0. The number of hydrogen-bond donors (Lipinski definition) is 1. The summed E-state index contributed by atoms with van der Waals surface area (Å²) in [4.78, 5) is 16.9. The zero-order valence-electron chi connectivity index (χ0n) is 10.0. The summed E-state index contributed by atoms with van der Waals surface area (Å²) in [6.07, 6.45) is 0. The van der Waals surface area contributed by atoms with Crippen LogP contribution in [0.2, 0.25) is 0 Å². The molecule has 1 aromatic rings. The Labute approximate surface area is 113 Å². The summed E-state index contributed by atoms with van der Waals surface area (Å²) in [5.74, 6) is -0.275. The molecule has 0 saturated carbocycles. The normalized spacial score (nSPS) is 19.6. The highest BCUT2D eigenvalue weighted by Crippen LogP contribution is 2.31. The monoisotopic (exact) mass is 313 g/mol. The number of amides is 2. The van der Waals surface area contributed by atoms with Crippen molar-refractivity contribution in [1.29, 1.82) is 0 Å². The summed E-state index contributed by atoms with van der Waals surface area (Å²) < 4.78 is 14.6. The molecule has 1 aromatic carbocycles. The standard InChI is InChI=1S/C12H13BrFN3O/c1-6(2)17-10(11(15)16-12(17)18)8-4-3-7(13)5-9(8)14/h3-6,10H,1-2H3,(H2,15,16,18). The van der Waals surface area contributed by atoms with Crippen molar-refractivity contribution >= 4 is 27.8 Å². The molecular weight excluding hydrogens is 301 g/mol. The second-order valence-electron chi connectivity index (χ2n) is 4.39. The summed E-state index contributed by atoms with van der Waals surface area (Å²) in [6, 6.07) is 3.54. The molecule has 0 fully saturated rings. The number of halogens is 2. The van der Waals surface area contributed by atoms with E-state index in [0.29, 0.717) is 10.0 Å². The Bertz CT molecular complexity index is 530. The van der Waals surface area contributed by atoms with E-state index >= 15 is 0 Å². The Balaban J connectivity index is 2.48. The number of carbonyl (C=O) groups excluding carboxylic acids is 1. The van der Waals surface area contributed by atoms with E-state index in [0.717, 1.165) is 0 Å². The van der Waals surface area contributed by atoms with E-state index in [-0.39, 0.29) is 11.9 Å². The number of benzene rings is 1. The minimum absolute atomic E-state index is 0.102. The molecule has 1 unspecified atom stereocenters. The van der Waals surface area contributed by atoms with Crippen molar-refractivity contribution in [3.05, 3.63) is 34.1 Å². The number of rotatable bonds is 2. The first-order valence-electron chi connectivity index (χ1n) is 5.53. The lowest BCUT2D eigenvalue weighted by Crippen LogP contribution is -2.38. The van der Waals surface area contributed by atoms with Crippen LogP contribution in [0.15, 0.2) is 27.7 Å². The molecule has 0 radical (unpaired) electrons. The number of hydrogen-bond acceptors (Lipinski definition) is 2. The van der Waals surface area contributed by atoms with Gasteiger partial charge in [-0.15, -0.1) is 0 Å². The van der Waals surface area contributed by atoms with Crippen LogP contribution in [-0.2, 0) is 0 Å². The van der Waals surface area contributed by atoms with Crippen molar-refractivity contribution in [2.75, 3.05) is 0 Å². The largest absolute Gasteiger partial charge is 0.385 e. The SMILES string of the molecule is CC(C)N1C(=O)N=C(N)C1c1ccc(Br)cc1F. The Morgan fingerprint density at radius 1 is 1.50 bits per heavy atom. The van der Waals surface area contributed by atoms with Gasteiger partial charge in [-0.25, -0.2) is 9.18 Å². The molecule has 2 amide bonds. The first kappa shape index (κ1) is 13.0. The predicted octanol–water partition coefficient (Wildman–Crippen LogP) is 2.83. The molecule has 0 bridgehead atoms. The summed E-state index contributed by atoms with van der Waals surface area (Å²) in [5, 5.41) is 0. The minimum atomic E-state index is -0.620. The number of urea groups is 1. The zero-order chi connectivity index (χ0) is 13.4. The molecule has 1 aliphatic rings. The molecule has 0 aromatic heterocycles. The highest BCUT2D eigenvalue weighted by atomic mass is 79.9. The van der Waals surface area contributed by atoms with Crippen molar-refractivity contribution in [1.82, 2.24) is 4.90 Å². The van der Waals surface area contributed by atoms with E-state index in [1.807, 2.05) is 13.8 Å². The van der Waals surface area contributed by atoms with E-state index in [1.165, 1.54) is 11.0 Å². The van der Waals surface area contributed by atoms with Crippen LogP contribution in [0.3, 0.4) is 0 Å². The highest BCUT2D eigenvalue weighted by molar-refractivity contribution is 9.10. The third-order valence-electron chi connectivity index (χ3n) is 2.82. The second-order valence-corrected chi connectivity index (χ2v) is 5.30. The van der Waals surface area contributed by atoms with E-state index in [1.54, 1.807) is 12.1 Å². The van der Waals surface area contributed by atoms with Gasteiger partial charge in [0.1, 0.15) is 17.7 Å². The third kappa shape index (κ3) is 2.12. The summed E-state index contributed by atoms with van der Waals surface area (Å²) in [7, 11) is 0. The van der Waals surface area contributed by atoms with Crippen LogP contribution in [0.25, 0.3) is 0 Å². The lowest BCUT2D eigenvalue weighted by Gasteiger charge is -2.28. The van der Waals surface area contributed by atoms with E-state index in [9.17, 15) is 9.18 Å². The smallest absolute Gasteiger partial charge is 0.346 e. The van der Waals surface area contributed by atoms with Gasteiger partial charge >= 0.3 is 6.03 Å². The Morgan fingerprint density at radius 2 is 2.17 bits per heavy atom. The highest BCUT2D eigenvalue weighted by Gasteiger charge is 2.37. The molecule has 0 aliphatic carbocycles.